The van der Waals surface area contributed by atoms with E-state index < -0.39 is 5.60 Å². The molecule has 0 radical (unpaired) electrons. The van der Waals surface area contributed by atoms with Gasteiger partial charge in [0, 0.05) is 44.1 Å². The van der Waals surface area contributed by atoms with Crippen LogP contribution in [-0.4, -0.2) is 68.5 Å². The van der Waals surface area contributed by atoms with Gasteiger partial charge in [0.15, 0.2) is 0 Å². The zero-order chi connectivity index (χ0) is 19.9. The smallest absolute Gasteiger partial charge is 0.291 e. The lowest BCUT2D eigenvalue weighted by atomic mass is 10.0. The number of amides is 2. The summed E-state index contributed by atoms with van der Waals surface area (Å²) in [6, 6.07) is 6.18. The van der Waals surface area contributed by atoms with E-state index in [-0.39, 0.29) is 17.6 Å². The lowest BCUT2D eigenvalue weighted by molar-refractivity contribution is -0.143. The van der Waals surface area contributed by atoms with Crippen LogP contribution in [0.1, 0.15) is 34.6 Å². The van der Waals surface area contributed by atoms with Crippen LogP contribution < -0.4 is 0 Å². The molecule has 1 saturated carbocycles. The molecule has 2 heterocycles. The summed E-state index contributed by atoms with van der Waals surface area (Å²) in [7, 11) is 0. The quantitative estimate of drug-likeness (QED) is 0.873. The number of piperazine rings is 1. The van der Waals surface area contributed by atoms with E-state index in [4.69, 9.17) is 0 Å². The van der Waals surface area contributed by atoms with Crippen LogP contribution in [-0.2, 0) is 4.79 Å². The second kappa shape index (κ2) is 6.98. The van der Waals surface area contributed by atoms with Crippen molar-refractivity contribution in [3.05, 3.63) is 47.5 Å². The van der Waals surface area contributed by atoms with Crippen molar-refractivity contribution in [2.75, 3.05) is 26.2 Å². The maximum absolute atomic E-state index is 12.7. The topological polar surface area (TPSA) is 86.6 Å². The zero-order valence-electron chi connectivity index (χ0n) is 16.2. The molecule has 1 aliphatic carbocycles. The third-order valence-electron chi connectivity index (χ3n) is 5.51. The summed E-state index contributed by atoms with van der Waals surface area (Å²) in [5, 5.41) is 9.97. The summed E-state index contributed by atoms with van der Waals surface area (Å²) in [4.78, 5) is 36.7. The van der Waals surface area contributed by atoms with Crippen molar-refractivity contribution in [2.24, 2.45) is 0 Å². The average Bonchev–Trinajstić information content (AvgIpc) is 3.46. The molecular weight excluding hydrogens is 356 g/mol. The third-order valence-corrected chi connectivity index (χ3v) is 5.51. The monoisotopic (exact) mass is 380 g/mol. The first-order valence-corrected chi connectivity index (χ1v) is 9.58. The minimum absolute atomic E-state index is 0.161. The molecule has 1 aromatic heterocycles. The molecule has 28 heavy (non-hydrogen) atoms. The fraction of sp³-hybridized carbons (Fsp3) is 0.429. The van der Waals surface area contributed by atoms with Crippen molar-refractivity contribution < 1.29 is 14.7 Å². The second-order valence-corrected chi connectivity index (χ2v) is 7.73. The number of aryl methyl sites for hydroxylation is 2. The van der Waals surface area contributed by atoms with Gasteiger partial charge in [-0.2, -0.15) is 0 Å². The van der Waals surface area contributed by atoms with Crippen LogP contribution in [0.3, 0.4) is 0 Å². The number of nitrogens with zero attached hydrogens (tertiary/aromatic N) is 4. The van der Waals surface area contributed by atoms with Crippen molar-refractivity contribution in [3.63, 3.8) is 0 Å². The maximum atomic E-state index is 12.7. The Morgan fingerprint density at radius 3 is 2.18 bits per heavy atom. The van der Waals surface area contributed by atoms with Crippen LogP contribution in [0.2, 0.25) is 0 Å². The van der Waals surface area contributed by atoms with Crippen LogP contribution in [0, 0.1) is 13.8 Å². The van der Waals surface area contributed by atoms with Gasteiger partial charge >= 0.3 is 0 Å². The predicted molar refractivity (Wildman–Crippen MR) is 104 cm³/mol. The van der Waals surface area contributed by atoms with Crippen molar-refractivity contribution in [1.29, 1.82) is 0 Å². The molecule has 0 bridgehead atoms. The molecule has 0 spiro atoms. The number of carbonyl (C=O) groups excluding carboxylic acids is 2. The van der Waals surface area contributed by atoms with E-state index in [1.165, 1.54) is 5.56 Å². The predicted octanol–water partition coefficient (Wildman–Crippen LogP) is 1.57. The van der Waals surface area contributed by atoms with Gasteiger partial charge in [-0.3, -0.25) is 9.59 Å². The van der Waals surface area contributed by atoms with Gasteiger partial charge in [-0.15, -0.1) is 0 Å². The summed E-state index contributed by atoms with van der Waals surface area (Å²) in [5.41, 5.74) is 3.11. The number of benzene rings is 1. The highest BCUT2D eigenvalue weighted by Gasteiger charge is 2.50. The van der Waals surface area contributed by atoms with E-state index in [0.717, 1.165) is 16.7 Å². The third kappa shape index (κ3) is 3.49. The van der Waals surface area contributed by atoms with E-state index >= 15 is 0 Å². The Morgan fingerprint density at radius 1 is 1.00 bits per heavy atom. The molecule has 1 aliphatic heterocycles. The van der Waals surface area contributed by atoms with Gasteiger partial charge in [0.2, 0.25) is 5.82 Å². The molecule has 4 rings (SSSR count). The van der Waals surface area contributed by atoms with Crippen LogP contribution in [0.15, 0.2) is 30.6 Å². The van der Waals surface area contributed by atoms with E-state index in [9.17, 15) is 14.7 Å². The van der Waals surface area contributed by atoms with Gasteiger partial charge in [0.05, 0.1) is 0 Å². The number of carbonyl (C=O) groups is 2. The molecule has 2 aromatic rings. The molecular formula is C21H24N4O3. The SMILES string of the molecule is Cc1ccc(-c2cnc(C(=O)N3CCN(C(=O)C4(O)CC4)CC3)nc2)c(C)c1. The van der Waals surface area contributed by atoms with Crippen molar-refractivity contribution in [1.82, 2.24) is 19.8 Å². The summed E-state index contributed by atoms with van der Waals surface area (Å²) in [6.07, 6.45) is 4.43. The normalized spacial score (nSPS) is 18.1. The minimum Gasteiger partial charge on any atom is -0.380 e. The van der Waals surface area contributed by atoms with Gasteiger partial charge in [0.1, 0.15) is 5.60 Å². The van der Waals surface area contributed by atoms with E-state index in [0.29, 0.717) is 39.0 Å². The van der Waals surface area contributed by atoms with E-state index in [1.54, 1.807) is 22.2 Å². The van der Waals surface area contributed by atoms with Crippen molar-refractivity contribution in [2.45, 2.75) is 32.3 Å². The highest BCUT2D eigenvalue weighted by Crippen LogP contribution is 2.37. The molecule has 7 nitrogen and oxygen atoms in total. The second-order valence-electron chi connectivity index (χ2n) is 7.73. The van der Waals surface area contributed by atoms with Crippen LogP contribution in [0.5, 0.6) is 0 Å². The van der Waals surface area contributed by atoms with Crippen molar-refractivity contribution >= 4 is 11.8 Å². The highest BCUT2D eigenvalue weighted by molar-refractivity contribution is 5.91. The molecule has 0 atom stereocenters. The minimum atomic E-state index is -1.15. The summed E-state index contributed by atoms with van der Waals surface area (Å²) >= 11 is 0. The molecule has 0 unspecified atom stereocenters. The van der Waals surface area contributed by atoms with E-state index in [2.05, 4.69) is 16.0 Å². The molecule has 7 heteroatoms. The lowest BCUT2D eigenvalue weighted by Gasteiger charge is -2.35. The Bertz CT molecular complexity index is 914. The average molecular weight is 380 g/mol. The van der Waals surface area contributed by atoms with Gasteiger partial charge in [0.25, 0.3) is 11.8 Å². The van der Waals surface area contributed by atoms with Crippen molar-refractivity contribution in [3.8, 4) is 11.1 Å². The number of aliphatic hydroxyl groups is 1. The maximum Gasteiger partial charge on any atom is 0.291 e. The largest absolute Gasteiger partial charge is 0.380 e. The number of rotatable bonds is 3. The Balaban J connectivity index is 1.41. The Hall–Kier alpha value is -2.80. The number of hydrogen-bond acceptors (Lipinski definition) is 5. The van der Waals surface area contributed by atoms with Crippen LogP contribution in [0.25, 0.3) is 11.1 Å². The van der Waals surface area contributed by atoms with Gasteiger partial charge in [-0.25, -0.2) is 9.97 Å². The summed E-state index contributed by atoms with van der Waals surface area (Å²) in [5.74, 6) is -0.285. The molecule has 146 valence electrons. The first-order chi connectivity index (χ1) is 13.4. The molecule has 1 saturated heterocycles. The first-order valence-electron chi connectivity index (χ1n) is 9.58. The fourth-order valence-corrected chi connectivity index (χ4v) is 3.60. The fourth-order valence-electron chi connectivity index (χ4n) is 3.60. The Morgan fingerprint density at radius 2 is 1.61 bits per heavy atom. The summed E-state index contributed by atoms with van der Waals surface area (Å²) < 4.78 is 0. The standard InChI is InChI=1S/C21H24N4O3/c1-14-3-4-17(15(2)11-14)16-12-22-18(23-13-16)19(26)24-7-9-25(10-8-24)20(27)21(28)5-6-21/h3-4,11-13,28H,5-10H2,1-2H3. The van der Waals surface area contributed by atoms with Gasteiger partial charge in [-0.05, 0) is 37.8 Å². The molecule has 1 N–H and O–H groups in total. The Kier molecular flexibility index (Phi) is 4.63. The van der Waals surface area contributed by atoms with Gasteiger partial charge in [-0.1, -0.05) is 23.8 Å². The van der Waals surface area contributed by atoms with Gasteiger partial charge < -0.3 is 14.9 Å². The number of aromatic nitrogens is 2. The summed E-state index contributed by atoms with van der Waals surface area (Å²) in [6.45, 7) is 5.78. The van der Waals surface area contributed by atoms with E-state index in [1.807, 2.05) is 26.0 Å². The van der Waals surface area contributed by atoms with Crippen LogP contribution in [0.4, 0.5) is 0 Å². The lowest BCUT2D eigenvalue weighted by Crippen LogP contribution is -2.53. The van der Waals surface area contributed by atoms with Crippen LogP contribution >= 0.6 is 0 Å². The molecule has 2 amide bonds. The highest BCUT2D eigenvalue weighted by atomic mass is 16.3. The zero-order valence-corrected chi connectivity index (χ0v) is 16.2. The molecule has 1 aromatic carbocycles. The Labute approximate surface area is 164 Å². The molecule has 2 fully saturated rings. The first kappa shape index (κ1) is 18.6. The number of hydrogen-bond donors (Lipinski definition) is 1. The molecule has 2 aliphatic rings.